The van der Waals surface area contributed by atoms with Gasteiger partial charge < -0.3 is 16.0 Å². The van der Waals surface area contributed by atoms with Crippen molar-refractivity contribution in [1.29, 1.82) is 0 Å². The summed E-state index contributed by atoms with van der Waals surface area (Å²) in [5, 5.41) is 10.3. The third kappa shape index (κ3) is 5.84. The minimum atomic E-state index is -0.0660. The van der Waals surface area contributed by atoms with E-state index in [9.17, 15) is 4.79 Å². The molecule has 140 valence electrons. The fraction of sp³-hybridized carbons (Fsp3) is 0.421. The highest BCUT2D eigenvalue weighted by molar-refractivity contribution is 7.11. The summed E-state index contributed by atoms with van der Waals surface area (Å²) < 4.78 is 0. The number of guanidine groups is 1. The zero-order chi connectivity index (χ0) is 18.9. The largest absolute Gasteiger partial charge is 0.357 e. The number of thiazole rings is 1. The average Bonchev–Trinajstić information content (AvgIpc) is 2.97. The van der Waals surface area contributed by atoms with Crippen LogP contribution in [-0.4, -0.2) is 37.0 Å². The lowest BCUT2D eigenvalue weighted by Gasteiger charge is -2.11. The molecule has 1 aromatic heterocycles. The summed E-state index contributed by atoms with van der Waals surface area (Å²) in [4.78, 5) is 22.1. The van der Waals surface area contributed by atoms with Gasteiger partial charge in [0.15, 0.2) is 5.96 Å². The highest BCUT2D eigenvalue weighted by atomic mass is 32.1. The van der Waals surface area contributed by atoms with E-state index in [0.29, 0.717) is 12.1 Å². The maximum absolute atomic E-state index is 11.7. The molecule has 2 rings (SSSR count). The first-order valence-electron chi connectivity index (χ1n) is 8.79. The molecule has 0 bridgehead atoms. The molecule has 7 heteroatoms. The Morgan fingerprint density at radius 3 is 2.73 bits per heavy atom. The van der Waals surface area contributed by atoms with Gasteiger partial charge in [-0.25, -0.2) is 9.98 Å². The molecule has 0 aliphatic carbocycles. The van der Waals surface area contributed by atoms with Crippen molar-refractivity contribution >= 4 is 23.2 Å². The smallest absolute Gasteiger partial charge is 0.251 e. The van der Waals surface area contributed by atoms with Crippen LogP contribution in [0.1, 0.15) is 38.4 Å². The molecule has 0 atom stereocenters. The molecule has 0 fully saturated rings. The average molecular weight is 374 g/mol. The molecule has 0 aliphatic rings. The van der Waals surface area contributed by atoms with Crippen molar-refractivity contribution in [3.8, 4) is 0 Å². The van der Waals surface area contributed by atoms with E-state index >= 15 is 0 Å². The van der Waals surface area contributed by atoms with Gasteiger partial charge in [-0.1, -0.05) is 12.1 Å². The van der Waals surface area contributed by atoms with Gasteiger partial charge in [0.25, 0.3) is 5.91 Å². The summed E-state index contributed by atoms with van der Waals surface area (Å²) in [6.45, 7) is 8.25. The summed E-state index contributed by atoms with van der Waals surface area (Å²) in [6, 6.07) is 7.68. The molecule has 6 nitrogen and oxygen atoms in total. The van der Waals surface area contributed by atoms with Gasteiger partial charge in [-0.15, -0.1) is 11.3 Å². The summed E-state index contributed by atoms with van der Waals surface area (Å²) in [6.07, 6.45) is 0.810. The minimum absolute atomic E-state index is 0.0660. The van der Waals surface area contributed by atoms with Crippen molar-refractivity contribution in [2.24, 2.45) is 4.99 Å². The number of amides is 1. The summed E-state index contributed by atoms with van der Waals surface area (Å²) in [5.41, 5.74) is 2.87. The van der Waals surface area contributed by atoms with E-state index in [1.165, 1.54) is 4.88 Å². The molecule has 1 amide bonds. The number of rotatable bonds is 7. The molecule has 1 heterocycles. The van der Waals surface area contributed by atoms with Crippen LogP contribution < -0.4 is 16.0 Å². The molecule has 26 heavy (non-hydrogen) atoms. The number of nitrogens with zero attached hydrogens (tertiary/aromatic N) is 2. The Bertz CT molecular complexity index is 750. The van der Waals surface area contributed by atoms with Crippen molar-refractivity contribution in [1.82, 2.24) is 20.9 Å². The van der Waals surface area contributed by atoms with Crippen LogP contribution in [0.3, 0.4) is 0 Å². The molecule has 0 saturated carbocycles. The minimum Gasteiger partial charge on any atom is -0.357 e. The Hall–Kier alpha value is -2.41. The third-order valence-corrected chi connectivity index (χ3v) is 4.97. The van der Waals surface area contributed by atoms with E-state index < -0.39 is 0 Å². The van der Waals surface area contributed by atoms with Gasteiger partial charge in [0.2, 0.25) is 0 Å². The Morgan fingerprint density at radius 2 is 2.08 bits per heavy atom. The van der Waals surface area contributed by atoms with Crippen molar-refractivity contribution in [3.63, 3.8) is 0 Å². The molecular weight excluding hydrogens is 346 g/mol. The Morgan fingerprint density at radius 1 is 1.27 bits per heavy atom. The van der Waals surface area contributed by atoms with Crippen LogP contribution in [0.5, 0.6) is 0 Å². The number of aliphatic imine (C=N–C) groups is 1. The topological polar surface area (TPSA) is 78.4 Å². The highest BCUT2D eigenvalue weighted by Crippen LogP contribution is 2.16. The second-order valence-corrected chi connectivity index (χ2v) is 7.19. The summed E-state index contributed by atoms with van der Waals surface area (Å²) >= 11 is 1.69. The molecule has 0 radical (unpaired) electrons. The Labute approximate surface area is 159 Å². The second-order valence-electron chi connectivity index (χ2n) is 5.90. The highest BCUT2D eigenvalue weighted by Gasteiger charge is 2.05. The van der Waals surface area contributed by atoms with Crippen LogP contribution in [0.25, 0.3) is 0 Å². The first-order chi connectivity index (χ1) is 12.5. The number of carbonyl (C=O) groups is 1. The molecule has 0 unspecified atom stereocenters. The number of aromatic nitrogens is 1. The maximum atomic E-state index is 11.7. The zero-order valence-electron chi connectivity index (χ0n) is 15.8. The van der Waals surface area contributed by atoms with Crippen LogP contribution in [0.15, 0.2) is 29.3 Å². The third-order valence-electron chi connectivity index (χ3n) is 3.91. The maximum Gasteiger partial charge on any atom is 0.251 e. The van der Waals surface area contributed by atoms with Crippen LogP contribution in [0.4, 0.5) is 0 Å². The molecule has 0 spiro atoms. The van der Waals surface area contributed by atoms with Crippen LogP contribution >= 0.6 is 11.3 Å². The monoisotopic (exact) mass is 373 g/mol. The van der Waals surface area contributed by atoms with E-state index in [0.717, 1.165) is 41.7 Å². The molecule has 3 N–H and O–H groups in total. The molecule has 2 aromatic rings. The van der Waals surface area contributed by atoms with E-state index in [1.54, 1.807) is 18.4 Å². The number of benzene rings is 1. The first-order valence-corrected chi connectivity index (χ1v) is 9.61. The predicted molar refractivity (Wildman–Crippen MR) is 108 cm³/mol. The number of carbonyl (C=O) groups excluding carboxylic acids is 1. The fourth-order valence-electron chi connectivity index (χ4n) is 2.43. The lowest BCUT2D eigenvalue weighted by Crippen LogP contribution is -2.38. The Kier molecular flexibility index (Phi) is 7.59. The molecule has 0 aliphatic heterocycles. The van der Waals surface area contributed by atoms with Gasteiger partial charge in [0.1, 0.15) is 5.01 Å². The zero-order valence-corrected chi connectivity index (χ0v) is 16.7. The second kappa shape index (κ2) is 9.91. The summed E-state index contributed by atoms with van der Waals surface area (Å²) in [5.74, 6) is 0.712. The van der Waals surface area contributed by atoms with E-state index in [4.69, 9.17) is 0 Å². The van der Waals surface area contributed by atoms with Crippen molar-refractivity contribution in [2.75, 3.05) is 20.1 Å². The first kappa shape index (κ1) is 19.9. The van der Waals surface area contributed by atoms with Crippen LogP contribution in [0.2, 0.25) is 0 Å². The van der Waals surface area contributed by atoms with Gasteiger partial charge in [0.05, 0.1) is 12.2 Å². The van der Waals surface area contributed by atoms with Crippen molar-refractivity contribution in [3.05, 3.63) is 51.0 Å². The molecule has 1 aromatic carbocycles. The van der Waals surface area contributed by atoms with E-state index in [1.807, 2.05) is 38.1 Å². The predicted octanol–water partition coefficient (Wildman–Crippen LogP) is 2.42. The van der Waals surface area contributed by atoms with E-state index in [-0.39, 0.29) is 5.91 Å². The van der Waals surface area contributed by atoms with Gasteiger partial charge in [-0.2, -0.15) is 0 Å². The van der Waals surface area contributed by atoms with Gasteiger partial charge in [-0.3, -0.25) is 4.79 Å². The quantitative estimate of drug-likeness (QED) is 0.514. The van der Waals surface area contributed by atoms with Crippen molar-refractivity contribution in [2.45, 2.75) is 33.7 Å². The van der Waals surface area contributed by atoms with E-state index in [2.05, 4.69) is 32.9 Å². The Balaban J connectivity index is 1.91. The number of aryl methyl sites for hydroxylation is 2. The number of nitrogens with one attached hydrogen (secondary N) is 3. The lowest BCUT2D eigenvalue weighted by atomic mass is 10.1. The number of hydrogen-bond donors (Lipinski definition) is 3. The van der Waals surface area contributed by atoms with Gasteiger partial charge in [0, 0.05) is 30.6 Å². The lowest BCUT2D eigenvalue weighted by molar-refractivity contribution is 0.0963. The van der Waals surface area contributed by atoms with Crippen molar-refractivity contribution < 1.29 is 4.79 Å². The van der Waals surface area contributed by atoms with Crippen LogP contribution in [-0.2, 0) is 13.0 Å². The normalized spacial score (nSPS) is 11.3. The number of hydrogen-bond acceptors (Lipinski definition) is 4. The van der Waals surface area contributed by atoms with Gasteiger partial charge in [-0.05, 0) is 44.9 Å². The molecule has 0 saturated heterocycles. The standard InChI is InChI=1S/C19H27N5OS/c1-5-21-19(23-12-17-24-13(2)14(3)26-17)22-10-9-15-7-6-8-16(11-15)18(25)20-4/h6-8,11H,5,9-10,12H2,1-4H3,(H,20,25)(H2,21,22,23). The SMILES string of the molecule is CCNC(=NCc1nc(C)c(C)s1)NCCc1cccc(C(=O)NC)c1. The summed E-state index contributed by atoms with van der Waals surface area (Å²) in [7, 11) is 1.64. The fourth-order valence-corrected chi connectivity index (χ4v) is 3.29. The molecular formula is C19H27N5OS. The van der Waals surface area contributed by atoms with Gasteiger partial charge >= 0.3 is 0 Å². The van der Waals surface area contributed by atoms with Crippen LogP contribution in [0, 0.1) is 13.8 Å².